The third kappa shape index (κ3) is 54.9. The van der Waals surface area contributed by atoms with Gasteiger partial charge in [0.05, 0.1) is 0 Å². The van der Waals surface area contributed by atoms with Crippen LogP contribution in [0.1, 0.15) is 252 Å². The SMILES string of the molecule is CC/C=C\C/C=C\C/C=C\C/C=C\C/C=C\C/C=C\C/C=C\CCCCCC(=O)OCC(COC(=O)CCCCCCCCCC)OC(=O)CCCCCCCCC/C=C\C/C=C\CCCCCC. The second kappa shape index (κ2) is 56.7. The van der Waals surface area contributed by atoms with Gasteiger partial charge in [-0.3, -0.25) is 14.4 Å². The number of carbonyl (C=O) groups is 3. The van der Waals surface area contributed by atoms with Crippen LogP contribution in [-0.4, -0.2) is 37.2 Å². The van der Waals surface area contributed by atoms with Crippen LogP contribution in [0.15, 0.2) is 109 Å². The Kier molecular flexibility index (Phi) is 53.4. The van der Waals surface area contributed by atoms with Crippen molar-refractivity contribution in [2.75, 3.05) is 13.2 Å². The lowest BCUT2D eigenvalue weighted by Crippen LogP contribution is -2.30. The molecular formula is C63H104O6. The van der Waals surface area contributed by atoms with Crippen molar-refractivity contribution in [3.63, 3.8) is 0 Å². The van der Waals surface area contributed by atoms with Crippen molar-refractivity contribution in [3.8, 4) is 0 Å². The van der Waals surface area contributed by atoms with E-state index in [1.165, 1.54) is 89.9 Å². The molecule has 0 aliphatic carbocycles. The maximum Gasteiger partial charge on any atom is 0.306 e. The Bertz CT molecular complexity index is 1420. The average Bonchev–Trinajstić information content (AvgIpc) is 3.35. The van der Waals surface area contributed by atoms with Crippen molar-refractivity contribution in [1.82, 2.24) is 0 Å². The molecule has 0 saturated heterocycles. The summed E-state index contributed by atoms with van der Waals surface area (Å²) in [6, 6.07) is 0. The smallest absolute Gasteiger partial charge is 0.306 e. The predicted molar refractivity (Wildman–Crippen MR) is 297 cm³/mol. The van der Waals surface area contributed by atoms with Crippen molar-refractivity contribution in [1.29, 1.82) is 0 Å². The molecule has 0 radical (unpaired) electrons. The number of hydrogen-bond acceptors (Lipinski definition) is 6. The summed E-state index contributed by atoms with van der Waals surface area (Å²) in [4.78, 5) is 38.0. The number of hydrogen-bond donors (Lipinski definition) is 0. The molecular weight excluding hydrogens is 853 g/mol. The minimum absolute atomic E-state index is 0.0925. The maximum atomic E-state index is 12.8. The molecule has 1 unspecified atom stereocenters. The van der Waals surface area contributed by atoms with E-state index < -0.39 is 6.10 Å². The van der Waals surface area contributed by atoms with Crippen molar-refractivity contribution >= 4 is 17.9 Å². The zero-order chi connectivity index (χ0) is 50.0. The lowest BCUT2D eigenvalue weighted by molar-refractivity contribution is -0.167. The van der Waals surface area contributed by atoms with Gasteiger partial charge in [-0.15, -0.1) is 0 Å². The van der Waals surface area contributed by atoms with E-state index in [9.17, 15) is 14.4 Å². The molecule has 0 rings (SSSR count). The van der Waals surface area contributed by atoms with Crippen LogP contribution in [0, 0.1) is 0 Å². The van der Waals surface area contributed by atoms with Crippen molar-refractivity contribution in [3.05, 3.63) is 109 Å². The van der Waals surface area contributed by atoms with E-state index >= 15 is 0 Å². The molecule has 0 saturated carbocycles. The fourth-order valence-electron chi connectivity index (χ4n) is 7.51. The molecule has 392 valence electrons. The first-order valence-corrected chi connectivity index (χ1v) is 28.4. The van der Waals surface area contributed by atoms with E-state index in [4.69, 9.17) is 14.2 Å². The van der Waals surface area contributed by atoms with Gasteiger partial charge in [-0.05, 0) is 109 Å². The molecule has 0 aromatic heterocycles. The summed E-state index contributed by atoms with van der Waals surface area (Å²) in [5.74, 6) is -0.940. The van der Waals surface area contributed by atoms with Crippen molar-refractivity contribution in [2.24, 2.45) is 0 Å². The topological polar surface area (TPSA) is 78.9 Å². The number of esters is 3. The van der Waals surface area contributed by atoms with Crippen LogP contribution in [0.5, 0.6) is 0 Å². The fraction of sp³-hybridized carbons (Fsp3) is 0.667. The lowest BCUT2D eigenvalue weighted by atomic mass is 10.1. The van der Waals surface area contributed by atoms with E-state index in [1.54, 1.807) is 0 Å². The van der Waals surface area contributed by atoms with E-state index in [2.05, 4.69) is 130 Å². The minimum Gasteiger partial charge on any atom is -0.462 e. The highest BCUT2D eigenvalue weighted by atomic mass is 16.6. The van der Waals surface area contributed by atoms with Crippen LogP contribution < -0.4 is 0 Å². The molecule has 0 aromatic rings. The van der Waals surface area contributed by atoms with Gasteiger partial charge in [-0.25, -0.2) is 0 Å². The van der Waals surface area contributed by atoms with Gasteiger partial charge in [-0.1, -0.05) is 233 Å². The average molecular weight is 958 g/mol. The second-order valence-electron chi connectivity index (χ2n) is 18.5. The summed E-state index contributed by atoms with van der Waals surface area (Å²) in [6.45, 7) is 6.44. The molecule has 1 atom stereocenters. The third-order valence-electron chi connectivity index (χ3n) is 11.8. The first kappa shape index (κ1) is 65.1. The molecule has 69 heavy (non-hydrogen) atoms. The Hall–Kier alpha value is -3.93. The highest BCUT2D eigenvalue weighted by molar-refractivity contribution is 5.71. The fourth-order valence-corrected chi connectivity index (χ4v) is 7.51. The van der Waals surface area contributed by atoms with Crippen LogP contribution in [0.2, 0.25) is 0 Å². The lowest BCUT2D eigenvalue weighted by Gasteiger charge is -2.18. The van der Waals surface area contributed by atoms with Gasteiger partial charge in [-0.2, -0.15) is 0 Å². The van der Waals surface area contributed by atoms with Crippen molar-refractivity contribution in [2.45, 2.75) is 258 Å². The molecule has 0 N–H and O–H groups in total. The molecule has 6 heteroatoms. The zero-order valence-corrected chi connectivity index (χ0v) is 44.8. The summed E-state index contributed by atoms with van der Waals surface area (Å²) in [7, 11) is 0. The molecule has 0 heterocycles. The molecule has 0 spiro atoms. The Balaban J connectivity index is 4.34. The van der Waals surface area contributed by atoms with E-state index in [0.29, 0.717) is 19.3 Å². The Morgan fingerprint density at radius 2 is 0.565 bits per heavy atom. The quantitative estimate of drug-likeness (QED) is 0.0262. The van der Waals surface area contributed by atoms with Gasteiger partial charge in [0, 0.05) is 19.3 Å². The van der Waals surface area contributed by atoms with Gasteiger partial charge in [0.1, 0.15) is 13.2 Å². The van der Waals surface area contributed by atoms with E-state index in [1.807, 2.05) is 0 Å². The van der Waals surface area contributed by atoms with Crippen LogP contribution in [0.4, 0.5) is 0 Å². The standard InChI is InChI=1S/C63H104O6/c1-4-7-10-13-16-19-21-23-25-27-29-30-31-32-33-34-35-37-38-40-42-44-47-50-53-56-62(65)68-59-60(58-67-61(64)55-52-49-46-18-15-12-9-6-3)69-63(66)57-54-51-48-45-43-41-39-36-28-26-24-22-20-17-14-11-8-5-2/h7,10,16,19-20,22-23,25-26,28-30,32-33,35,37,40,42,60H,4-6,8-9,11-15,17-18,21,24,27,31,34,36,38-39,41,43-59H2,1-3H3/b10-7-,19-16-,22-20-,25-23-,28-26-,30-29-,33-32-,37-35-,42-40-. The Morgan fingerprint density at radius 3 is 0.913 bits per heavy atom. The summed E-state index contributed by atoms with van der Waals surface area (Å²) < 4.78 is 16.8. The molecule has 0 bridgehead atoms. The van der Waals surface area contributed by atoms with Crippen LogP contribution in [0.3, 0.4) is 0 Å². The number of allylic oxidation sites excluding steroid dienone is 18. The number of rotatable bonds is 50. The minimum atomic E-state index is -0.795. The summed E-state index contributed by atoms with van der Waals surface area (Å²) in [5, 5.41) is 0. The molecule has 0 fully saturated rings. The van der Waals surface area contributed by atoms with Gasteiger partial charge in [0.2, 0.25) is 0 Å². The third-order valence-corrected chi connectivity index (χ3v) is 11.8. The molecule has 6 nitrogen and oxygen atoms in total. The van der Waals surface area contributed by atoms with Crippen molar-refractivity contribution < 1.29 is 28.6 Å². The maximum absolute atomic E-state index is 12.8. The van der Waals surface area contributed by atoms with Gasteiger partial charge < -0.3 is 14.2 Å². The predicted octanol–water partition coefficient (Wildman–Crippen LogP) is 19.1. The summed E-state index contributed by atoms with van der Waals surface area (Å²) in [5.41, 5.74) is 0. The number of ether oxygens (including phenoxy) is 3. The normalized spacial score (nSPS) is 12.9. The molecule has 0 aromatic carbocycles. The van der Waals surface area contributed by atoms with Crippen LogP contribution >= 0.6 is 0 Å². The molecule has 0 aliphatic heterocycles. The monoisotopic (exact) mass is 957 g/mol. The van der Waals surface area contributed by atoms with E-state index in [0.717, 1.165) is 122 Å². The van der Waals surface area contributed by atoms with Gasteiger partial charge in [0.15, 0.2) is 6.10 Å². The molecule has 0 aliphatic rings. The second-order valence-corrected chi connectivity index (χ2v) is 18.5. The van der Waals surface area contributed by atoms with Crippen LogP contribution in [-0.2, 0) is 28.6 Å². The summed E-state index contributed by atoms with van der Waals surface area (Å²) >= 11 is 0. The van der Waals surface area contributed by atoms with Crippen LogP contribution in [0.25, 0.3) is 0 Å². The summed E-state index contributed by atoms with van der Waals surface area (Å²) in [6.07, 6.45) is 76.6. The highest BCUT2D eigenvalue weighted by Gasteiger charge is 2.19. The number of carbonyl (C=O) groups excluding carboxylic acids is 3. The Morgan fingerprint density at radius 1 is 0.304 bits per heavy atom. The zero-order valence-electron chi connectivity index (χ0n) is 44.8. The first-order chi connectivity index (χ1) is 34.0. The van der Waals surface area contributed by atoms with E-state index in [-0.39, 0.29) is 31.1 Å². The highest BCUT2D eigenvalue weighted by Crippen LogP contribution is 2.14. The van der Waals surface area contributed by atoms with Gasteiger partial charge in [0.25, 0.3) is 0 Å². The Labute approximate surface area is 425 Å². The number of unbranched alkanes of at least 4 members (excludes halogenated alkanes) is 21. The first-order valence-electron chi connectivity index (χ1n) is 28.4. The van der Waals surface area contributed by atoms with Gasteiger partial charge >= 0.3 is 17.9 Å². The largest absolute Gasteiger partial charge is 0.462 e. The molecule has 0 amide bonds.